The minimum Gasteiger partial charge on any atom is -0.354 e. The van der Waals surface area contributed by atoms with E-state index in [0.717, 1.165) is 5.69 Å². The van der Waals surface area contributed by atoms with Crippen molar-refractivity contribution in [3.63, 3.8) is 0 Å². The van der Waals surface area contributed by atoms with Crippen molar-refractivity contribution in [2.75, 3.05) is 13.1 Å². The molecule has 2 amide bonds. The molecule has 0 aliphatic rings. The summed E-state index contributed by atoms with van der Waals surface area (Å²) in [5.74, 6) is -1.56. The smallest absolute Gasteiger partial charge is 0.254 e. The molecule has 0 radical (unpaired) electrons. The van der Waals surface area contributed by atoms with Crippen LogP contribution in [0.4, 0.5) is 4.39 Å². The summed E-state index contributed by atoms with van der Waals surface area (Å²) in [7, 11) is 0. The summed E-state index contributed by atoms with van der Waals surface area (Å²) in [5, 5.41) is 5.02. The monoisotopic (exact) mass is 290 g/mol. The quantitative estimate of drug-likeness (QED) is 0.729. The van der Waals surface area contributed by atoms with Gasteiger partial charge < -0.3 is 15.6 Å². The van der Waals surface area contributed by atoms with Crippen molar-refractivity contribution in [3.8, 4) is 0 Å². The first-order chi connectivity index (χ1) is 10.2. The molecule has 0 unspecified atom stereocenters. The summed E-state index contributed by atoms with van der Waals surface area (Å²) in [4.78, 5) is 30.0. The molecule has 1 aromatic heterocycles. The molecule has 6 nitrogen and oxygen atoms in total. The fourth-order valence-electron chi connectivity index (χ4n) is 1.72. The maximum Gasteiger partial charge on any atom is 0.254 e. The maximum absolute atomic E-state index is 13.4. The lowest BCUT2D eigenvalue weighted by Gasteiger charge is -2.07. The van der Waals surface area contributed by atoms with Gasteiger partial charge in [0.15, 0.2) is 0 Å². The number of halogens is 1. The Kier molecular flexibility index (Phi) is 5.03. The molecule has 0 atom stereocenters. The molecule has 0 fully saturated rings. The number of carbonyl (C=O) groups excluding carboxylic acids is 2. The lowest BCUT2D eigenvalue weighted by molar-refractivity contribution is -0.120. The Morgan fingerprint density at radius 2 is 2.05 bits per heavy atom. The van der Waals surface area contributed by atoms with E-state index in [0.29, 0.717) is 13.0 Å². The van der Waals surface area contributed by atoms with E-state index in [1.807, 2.05) is 0 Å². The van der Waals surface area contributed by atoms with Gasteiger partial charge >= 0.3 is 0 Å². The molecule has 21 heavy (non-hydrogen) atoms. The molecule has 2 rings (SSSR count). The number of rotatable bonds is 6. The number of aromatic nitrogens is 2. The Labute approximate surface area is 120 Å². The van der Waals surface area contributed by atoms with Crippen LogP contribution in [0, 0.1) is 5.82 Å². The van der Waals surface area contributed by atoms with Crippen LogP contribution >= 0.6 is 0 Å². The van der Waals surface area contributed by atoms with Gasteiger partial charge in [0.2, 0.25) is 5.91 Å². The highest BCUT2D eigenvalue weighted by Gasteiger charge is 2.11. The number of carbonyl (C=O) groups is 2. The van der Waals surface area contributed by atoms with Crippen molar-refractivity contribution < 1.29 is 14.0 Å². The Hall–Kier alpha value is -2.70. The van der Waals surface area contributed by atoms with E-state index in [9.17, 15) is 14.0 Å². The van der Waals surface area contributed by atoms with Crippen LogP contribution < -0.4 is 10.6 Å². The van der Waals surface area contributed by atoms with Gasteiger partial charge in [-0.25, -0.2) is 9.37 Å². The maximum atomic E-state index is 13.4. The third-order valence-electron chi connectivity index (χ3n) is 2.80. The van der Waals surface area contributed by atoms with Crippen LogP contribution in [0.15, 0.2) is 36.8 Å². The first-order valence-corrected chi connectivity index (χ1v) is 6.43. The van der Waals surface area contributed by atoms with Crippen LogP contribution in [0.5, 0.6) is 0 Å². The normalized spacial score (nSPS) is 10.1. The molecule has 0 saturated heterocycles. The second kappa shape index (κ2) is 7.18. The Balaban J connectivity index is 1.71. The van der Waals surface area contributed by atoms with Crippen molar-refractivity contribution in [2.45, 2.75) is 6.42 Å². The molecule has 3 N–H and O–H groups in total. The number of nitrogens with one attached hydrogen (secondary N) is 3. The van der Waals surface area contributed by atoms with Crippen LogP contribution in [0.1, 0.15) is 16.1 Å². The molecule has 0 spiro atoms. The summed E-state index contributed by atoms with van der Waals surface area (Å²) in [5.41, 5.74) is 0.827. The van der Waals surface area contributed by atoms with Crippen LogP contribution in [0.25, 0.3) is 0 Å². The van der Waals surface area contributed by atoms with Crippen molar-refractivity contribution >= 4 is 11.8 Å². The third kappa shape index (κ3) is 4.41. The van der Waals surface area contributed by atoms with Gasteiger partial charge in [-0.3, -0.25) is 9.59 Å². The lowest BCUT2D eigenvalue weighted by atomic mass is 10.2. The second-order valence-corrected chi connectivity index (χ2v) is 4.34. The molecule has 0 aliphatic carbocycles. The zero-order valence-electron chi connectivity index (χ0n) is 11.2. The highest BCUT2D eigenvalue weighted by molar-refractivity contribution is 5.96. The van der Waals surface area contributed by atoms with Crippen LogP contribution in [0.2, 0.25) is 0 Å². The molecule has 1 heterocycles. The average Bonchev–Trinajstić information content (AvgIpc) is 2.98. The molecular weight excluding hydrogens is 275 g/mol. The number of nitrogens with zero attached hydrogens (tertiary/aromatic N) is 1. The number of aromatic amines is 1. The van der Waals surface area contributed by atoms with E-state index in [1.165, 1.54) is 18.2 Å². The SMILES string of the molecule is O=C(CNC(=O)c1ccccc1F)NCCc1cnc[nH]1. The van der Waals surface area contributed by atoms with Gasteiger partial charge in [0.05, 0.1) is 18.4 Å². The van der Waals surface area contributed by atoms with Gasteiger partial charge in [0.1, 0.15) is 5.82 Å². The number of H-pyrrole nitrogens is 1. The van der Waals surface area contributed by atoms with E-state index >= 15 is 0 Å². The highest BCUT2D eigenvalue weighted by Crippen LogP contribution is 2.05. The predicted molar refractivity (Wildman–Crippen MR) is 74.0 cm³/mol. The number of hydrogen-bond acceptors (Lipinski definition) is 3. The summed E-state index contributed by atoms with van der Waals surface area (Å²) in [6.45, 7) is 0.229. The van der Waals surface area contributed by atoms with E-state index < -0.39 is 11.7 Å². The lowest BCUT2D eigenvalue weighted by Crippen LogP contribution is -2.38. The van der Waals surface area contributed by atoms with E-state index in [-0.39, 0.29) is 18.0 Å². The van der Waals surface area contributed by atoms with Crippen LogP contribution in [-0.4, -0.2) is 34.9 Å². The molecule has 7 heteroatoms. The second-order valence-electron chi connectivity index (χ2n) is 4.34. The molecule has 0 aliphatic heterocycles. The summed E-state index contributed by atoms with van der Waals surface area (Å²) in [6.07, 6.45) is 3.85. The van der Waals surface area contributed by atoms with Gasteiger partial charge in [-0.15, -0.1) is 0 Å². The summed E-state index contributed by atoms with van der Waals surface area (Å²) < 4.78 is 13.4. The minimum absolute atomic E-state index is 0.0808. The fourth-order valence-corrected chi connectivity index (χ4v) is 1.72. The first-order valence-electron chi connectivity index (χ1n) is 6.43. The standard InChI is InChI=1S/C14H15FN4O2/c15-12-4-2-1-3-11(12)14(21)18-8-13(20)17-6-5-10-7-16-9-19-10/h1-4,7,9H,5-6,8H2,(H,16,19)(H,17,20)(H,18,21). The van der Waals surface area contributed by atoms with E-state index in [4.69, 9.17) is 0 Å². The molecule has 110 valence electrons. The topological polar surface area (TPSA) is 86.9 Å². The minimum atomic E-state index is -0.616. The Morgan fingerprint density at radius 1 is 1.24 bits per heavy atom. The first kappa shape index (κ1) is 14.7. The van der Waals surface area contributed by atoms with Gasteiger partial charge in [0.25, 0.3) is 5.91 Å². The molecule has 1 aromatic carbocycles. The molecule has 0 saturated carbocycles. The zero-order valence-corrected chi connectivity index (χ0v) is 11.2. The predicted octanol–water partition coefficient (Wildman–Crippen LogP) is 0.638. The van der Waals surface area contributed by atoms with Crippen molar-refractivity contribution in [1.82, 2.24) is 20.6 Å². The fraction of sp³-hybridized carbons (Fsp3) is 0.214. The average molecular weight is 290 g/mol. The largest absolute Gasteiger partial charge is 0.354 e. The highest BCUT2D eigenvalue weighted by atomic mass is 19.1. The van der Waals surface area contributed by atoms with E-state index in [1.54, 1.807) is 18.6 Å². The summed E-state index contributed by atoms with van der Waals surface area (Å²) >= 11 is 0. The number of imidazole rings is 1. The van der Waals surface area contributed by atoms with Crippen molar-refractivity contribution in [2.24, 2.45) is 0 Å². The van der Waals surface area contributed by atoms with Crippen LogP contribution in [0.3, 0.4) is 0 Å². The molecular formula is C14H15FN4O2. The number of amides is 2. The van der Waals surface area contributed by atoms with Crippen molar-refractivity contribution in [3.05, 3.63) is 53.9 Å². The third-order valence-corrected chi connectivity index (χ3v) is 2.80. The van der Waals surface area contributed by atoms with Gasteiger partial charge in [-0.2, -0.15) is 0 Å². The van der Waals surface area contributed by atoms with Gasteiger partial charge in [0, 0.05) is 24.9 Å². The van der Waals surface area contributed by atoms with Gasteiger partial charge in [-0.05, 0) is 12.1 Å². The summed E-state index contributed by atoms with van der Waals surface area (Å²) in [6, 6.07) is 5.61. The van der Waals surface area contributed by atoms with E-state index in [2.05, 4.69) is 20.6 Å². The van der Waals surface area contributed by atoms with Crippen molar-refractivity contribution in [1.29, 1.82) is 0 Å². The van der Waals surface area contributed by atoms with Gasteiger partial charge in [-0.1, -0.05) is 12.1 Å². The molecule has 2 aromatic rings. The zero-order chi connectivity index (χ0) is 15.1. The molecule has 0 bridgehead atoms. The Morgan fingerprint density at radius 3 is 2.76 bits per heavy atom. The number of benzene rings is 1. The number of hydrogen-bond donors (Lipinski definition) is 3. The Bertz CT molecular complexity index is 613. The van der Waals surface area contributed by atoms with Crippen LogP contribution in [-0.2, 0) is 11.2 Å².